The molecule has 1 aromatic heterocycles. The van der Waals surface area contributed by atoms with Crippen molar-refractivity contribution >= 4 is 29.2 Å². The molecule has 120 valence electrons. The number of H-pyrrole nitrogens is 2. The molecule has 1 aromatic carbocycles. The van der Waals surface area contributed by atoms with E-state index in [1.807, 2.05) is 13.8 Å². The lowest BCUT2D eigenvalue weighted by molar-refractivity contribution is 0.0852. The second-order valence-corrected chi connectivity index (χ2v) is 5.91. The molecular formula is C15H20FN3O2S. The largest absolute Gasteiger partial charge is 0.396 e. The fraction of sp³-hybridized carbons (Fsp3) is 0.467. The molecule has 0 aliphatic rings. The second-order valence-electron chi connectivity index (χ2n) is 5.50. The van der Waals surface area contributed by atoms with Crippen LogP contribution in [0.15, 0.2) is 12.1 Å². The van der Waals surface area contributed by atoms with Crippen molar-refractivity contribution in [1.29, 1.82) is 0 Å². The molecule has 1 amide bonds. The van der Waals surface area contributed by atoms with E-state index in [1.165, 1.54) is 12.1 Å². The smallest absolute Gasteiger partial charge is 0.253 e. The van der Waals surface area contributed by atoms with E-state index in [0.717, 1.165) is 12.8 Å². The van der Waals surface area contributed by atoms with Crippen molar-refractivity contribution in [2.45, 2.75) is 26.7 Å². The molecule has 0 radical (unpaired) electrons. The number of hydrogen-bond acceptors (Lipinski definition) is 3. The molecule has 5 nitrogen and oxygen atoms in total. The first-order chi connectivity index (χ1) is 10.4. The maximum absolute atomic E-state index is 13.7. The Morgan fingerprint density at radius 1 is 1.36 bits per heavy atom. The van der Waals surface area contributed by atoms with Crippen molar-refractivity contribution in [3.63, 3.8) is 0 Å². The van der Waals surface area contributed by atoms with E-state index in [1.54, 1.807) is 0 Å². The molecule has 0 spiro atoms. The molecule has 4 N–H and O–H groups in total. The quantitative estimate of drug-likeness (QED) is 0.617. The standard InChI is InChI=1S/C15H20FN3O2S/c1-3-15(4-2,8-20)7-17-13(21)10-5-9(16)6-11-12(10)19-14(22)18-11/h5-6,20H,3-4,7-8H2,1-2H3,(H,17,21)(H2,18,19,22). The molecule has 0 bridgehead atoms. The highest BCUT2D eigenvalue weighted by molar-refractivity contribution is 7.71. The van der Waals surface area contributed by atoms with E-state index in [0.29, 0.717) is 22.3 Å². The molecule has 0 atom stereocenters. The summed E-state index contributed by atoms with van der Waals surface area (Å²) >= 11 is 4.98. The van der Waals surface area contributed by atoms with E-state index in [2.05, 4.69) is 15.3 Å². The van der Waals surface area contributed by atoms with E-state index in [4.69, 9.17) is 12.2 Å². The Hall–Kier alpha value is -1.73. The summed E-state index contributed by atoms with van der Waals surface area (Å²) in [5.74, 6) is -0.906. The molecule has 2 aromatic rings. The molecule has 0 aliphatic heterocycles. The third-order valence-corrected chi connectivity index (χ3v) is 4.50. The predicted octanol–water partition coefficient (Wildman–Crippen LogP) is 2.89. The van der Waals surface area contributed by atoms with Gasteiger partial charge in [-0.3, -0.25) is 4.79 Å². The highest BCUT2D eigenvalue weighted by Gasteiger charge is 2.26. The van der Waals surface area contributed by atoms with Gasteiger partial charge in [0, 0.05) is 12.0 Å². The van der Waals surface area contributed by atoms with Gasteiger partial charge in [-0.2, -0.15) is 0 Å². The third kappa shape index (κ3) is 3.20. The zero-order chi connectivity index (χ0) is 16.3. The summed E-state index contributed by atoms with van der Waals surface area (Å²) in [6.45, 7) is 4.26. The van der Waals surface area contributed by atoms with Crippen LogP contribution in [0.3, 0.4) is 0 Å². The molecule has 0 saturated heterocycles. The number of imidazole rings is 1. The van der Waals surface area contributed by atoms with Gasteiger partial charge in [-0.05, 0) is 37.2 Å². The van der Waals surface area contributed by atoms with Crippen LogP contribution in [-0.2, 0) is 0 Å². The Morgan fingerprint density at radius 2 is 2.05 bits per heavy atom. The van der Waals surface area contributed by atoms with Gasteiger partial charge < -0.3 is 20.4 Å². The number of aliphatic hydroxyl groups excluding tert-OH is 1. The number of carbonyl (C=O) groups excluding carboxylic acids is 1. The second kappa shape index (κ2) is 6.58. The highest BCUT2D eigenvalue weighted by Crippen LogP contribution is 2.25. The lowest BCUT2D eigenvalue weighted by Gasteiger charge is -2.29. The number of carbonyl (C=O) groups is 1. The average molecular weight is 325 g/mol. The molecule has 7 heteroatoms. The Morgan fingerprint density at radius 3 is 2.64 bits per heavy atom. The lowest BCUT2D eigenvalue weighted by atomic mass is 9.83. The molecule has 22 heavy (non-hydrogen) atoms. The number of halogens is 1. The molecule has 0 unspecified atom stereocenters. The van der Waals surface area contributed by atoms with Crippen molar-refractivity contribution in [3.8, 4) is 0 Å². The summed E-state index contributed by atoms with van der Waals surface area (Å²) in [7, 11) is 0. The van der Waals surface area contributed by atoms with Gasteiger partial charge in [-0.1, -0.05) is 13.8 Å². The maximum Gasteiger partial charge on any atom is 0.253 e. The van der Waals surface area contributed by atoms with Crippen LogP contribution in [-0.4, -0.2) is 34.1 Å². The van der Waals surface area contributed by atoms with Crippen LogP contribution in [0, 0.1) is 16.0 Å². The van der Waals surface area contributed by atoms with Crippen molar-refractivity contribution < 1.29 is 14.3 Å². The first-order valence-electron chi connectivity index (χ1n) is 7.25. The van der Waals surface area contributed by atoms with Crippen molar-refractivity contribution in [1.82, 2.24) is 15.3 Å². The van der Waals surface area contributed by atoms with Crippen molar-refractivity contribution in [2.24, 2.45) is 5.41 Å². The zero-order valence-corrected chi connectivity index (χ0v) is 13.4. The lowest BCUT2D eigenvalue weighted by Crippen LogP contribution is -2.39. The Bertz CT molecular complexity index is 726. The van der Waals surface area contributed by atoms with E-state index >= 15 is 0 Å². The van der Waals surface area contributed by atoms with E-state index in [9.17, 15) is 14.3 Å². The molecule has 0 fully saturated rings. The minimum Gasteiger partial charge on any atom is -0.396 e. The fourth-order valence-corrected chi connectivity index (χ4v) is 2.64. The molecule has 2 rings (SSSR count). The fourth-order valence-electron chi connectivity index (χ4n) is 2.43. The first-order valence-corrected chi connectivity index (χ1v) is 7.66. The van der Waals surface area contributed by atoms with Gasteiger partial charge in [0.15, 0.2) is 4.77 Å². The zero-order valence-electron chi connectivity index (χ0n) is 12.6. The molecule has 0 aliphatic carbocycles. The van der Waals surface area contributed by atoms with Gasteiger partial charge in [0.2, 0.25) is 0 Å². The summed E-state index contributed by atoms with van der Waals surface area (Å²) in [5.41, 5.74) is 0.773. The van der Waals surface area contributed by atoms with Crippen LogP contribution in [0.4, 0.5) is 4.39 Å². The van der Waals surface area contributed by atoms with Gasteiger partial charge in [-0.25, -0.2) is 4.39 Å². The molecular weight excluding hydrogens is 305 g/mol. The normalized spacial score (nSPS) is 11.8. The number of aromatic nitrogens is 2. The number of nitrogens with one attached hydrogen (secondary N) is 3. The number of fused-ring (bicyclic) bond motifs is 1. The molecule has 0 saturated carbocycles. The number of benzene rings is 1. The number of aromatic amines is 2. The van der Waals surface area contributed by atoms with Crippen LogP contribution in [0.25, 0.3) is 11.0 Å². The number of aliphatic hydroxyl groups is 1. The monoisotopic (exact) mass is 325 g/mol. The topological polar surface area (TPSA) is 80.9 Å². The van der Waals surface area contributed by atoms with Crippen molar-refractivity contribution in [2.75, 3.05) is 13.2 Å². The highest BCUT2D eigenvalue weighted by atomic mass is 32.1. The minimum atomic E-state index is -0.512. The summed E-state index contributed by atoms with van der Waals surface area (Å²) in [6.07, 6.45) is 1.48. The van der Waals surface area contributed by atoms with Gasteiger partial charge >= 0.3 is 0 Å². The Labute approximate surface area is 132 Å². The van der Waals surface area contributed by atoms with Crippen LogP contribution in [0.5, 0.6) is 0 Å². The average Bonchev–Trinajstić information content (AvgIpc) is 2.88. The minimum absolute atomic E-state index is 0.00850. The van der Waals surface area contributed by atoms with Crippen LogP contribution < -0.4 is 5.32 Å². The molecule has 1 heterocycles. The Balaban J connectivity index is 2.28. The summed E-state index contributed by atoms with van der Waals surface area (Å²) in [6, 6.07) is 2.46. The van der Waals surface area contributed by atoms with Crippen LogP contribution in [0.1, 0.15) is 37.0 Å². The van der Waals surface area contributed by atoms with Gasteiger partial charge in [-0.15, -0.1) is 0 Å². The predicted molar refractivity (Wildman–Crippen MR) is 85.9 cm³/mol. The van der Waals surface area contributed by atoms with E-state index in [-0.39, 0.29) is 17.6 Å². The van der Waals surface area contributed by atoms with Gasteiger partial charge in [0.05, 0.1) is 23.2 Å². The maximum atomic E-state index is 13.7. The van der Waals surface area contributed by atoms with Gasteiger partial charge in [0.1, 0.15) is 5.82 Å². The van der Waals surface area contributed by atoms with Crippen LogP contribution in [0.2, 0.25) is 0 Å². The van der Waals surface area contributed by atoms with Crippen molar-refractivity contribution in [3.05, 3.63) is 28.3 Å². The SMILES string of the molecule is CCC(CC)(CO)CNC(=O)c1cc(F)cc2[nH]c(=S)[nH]c12. The summed E-state index contributed by atoms with van der Waals surface area (Å²) < 4.78 is 14.0. The number of hydrogen-bond donors (Lipinski definition) is 4. The Kier molecular flexibility index (Phi) is 4.97. The first kappa shape index (κ1) is 16.6. The van der Waals surface area contributed by atoms with Gasteiger partial charge in [0.25, 0.3) is 5.91 Å². The third-order valence-electron chi connectivity index (χ3n) is 4.29. The summed E-state index contributed by atoms with van der Waals surface area (Å²) in [4.78, 5) is 18.0. The number of rotatable bonds is 6. The summed E-state index contributed by atoms with van der Waals surface area (Å²) in [5, 5.41) is 12.3. The van der Waals surface area contributed by atoms with Crippen LogP contribution >= 0.6 is 12.2 Å². The van der Waals surface area contributed by atoms with E-state index < -0.39 is 11.7 Å². The number of amides is 1.